The molecule has 10 N–H and O–H groups in total. The van der Waals surface area contributed by atoms with Gasteiger partial charge in [0.25, 0.3) is 0 Å². The van der Waals surface area contributed by atoms with E-state index in [1.54, 1.807) is 7.05 Å². The quantitative estimate of drug-likeness (QED) is 0.118. The fraction of sp³-hybridized carbons (Fsp3) is 1.00. The van der Waals surface area contributed by atoms with Crippen molar-refractivity contribution >= 4 is 0 Å². The van der Waals surface area contributed by atoms with Gasteiger partial charge in [-0.1, -0.05) is 0 Å². The topological polar surface area (TPSA) is 189 Å². The summed E-state index contributed by atoms with van der Waals surface area (Å²) in [6.45, 7) is -2.22. The van der Waals surface area contributed by atoms with Crippen LogP contribution in [0.1, 0.15) is 12.8 Å². The lowest BCUT2D eigenvalue weighted by Gasteiger charge is -2.37. The van der Waals surface area contributed by atoms with Gasteiger partial charge >= 0.3 is 0 Å². The van der Waals surface area contributed by atoms with E-state index in [0.717, 1.165) is 0 Å². The van der Waals surface area contributed by atoms with Crippen LogP contribution < -0.4 is 11.0 Å². The van der Waals surface area contributed by atoms with Gasteiger partial charge in [-0.2, -0.15) is 0 Å². The van der Waals surface area contributed by atoms with Crippen LogP contribution in [-0.2, 0) is 0 Å². The van der Waals surface area contributed by atoms with Gasteiger partial charge in [0.1, 0.15) is 0 Å². The molecule has 0 amide bonds. The number of hydroxylamine groups is 2. The molecule has 11 heteroatoms. The highest BCUT2D eigenvalue weighted by molar-refractivity contribution is 4.90. The summed E-state index contributed by atoms with van der Waals surface area (Å²) in [5.41, 5.74) is 1.49. The fourth-order valence-corrected chi connectivity index (χ4v) is 2.79. The Bertz CT molecular complexity index is 307. The molecule has 158 valence electrons. The van der Waals surface area contributed by atoms with E-state index in [0.29, 0.717) is 25.9 Å². The van der Waals surface area contributed by atoms with Gasteiger partial charge in [0, 0.05) is 12.1 Å². The first-order valence-electron chi connectivity index (χ1n) is 8.52. The lowest BCUT2D eigenvalue weighted by Crippen LogP contribution is -2.53. The van der Waals surface area contributed by atoms with E-state index in [4.69, 9.17) is 0 Å². The van der Waals surface area contributed by atoms with Crippen LogP contribution in [0.15, 0.2) is 0 Å². The average molecular weight is 385 g/mol. The molecular weight excluding hydrogens is 350 g/mol. The number of nitrogens with one attached hydrogen (secondary N) is 2. The zero-order valence-corrected chi connectivity index (χ0v) is 15.3. The van der Waals surface area contributed by atoms with Crippen molar-refractivity contribution < 1.29 is 41.1 Å². The van der Waals surface area contributed by atoms with Crippen LogP contribution in [0.5, 0.6) is 0 Å². The molecule has 0 saturated heterocycles. The molecule has 0 radical (unpaired) electrons. The smallest absolute Gasteiger partial charge is 0.0572 e. The average Bonchev–Trinajstić information content (AvgIpc) is 2.69. The normalized spacial score (nSPS) is 15.5. The van der Waals surface area contributed by atoms with Crippen molar-refractivity contribution in [1.82, 2.24) is 15.9 Å². The van der Waals surface area contributed by atoms with E-state index >= 15 is 0 Å². The minimum absolute atomic E-state index is 0.303. The van der Waals surface area contributed by atoms with Crippen LogP contribution in [-0.4, -0.2) is 118 Å². The highest BCUT2D eigenvalue weighted by Crippen LogP contribution is 2.24. The van der Waals surface area contributed by atoms with Crippen molar-refractivity contribution in [1.29, 1.82) is 0 Å². The van der Waals surface area contributed by atoms with Crippen LogP contribution in [0.2, 0.25) is 0 Å². The highest BCUT2D eigenvalue weighted by Gasteiger charge is 2.39. The van der Waals surface area contributed by atoms with E-state index in [2.05, 4.69) is 0 Å². The predicted molar refractivity (Wildman–Crippen MR) is 91.5 cm³/mol. The minimum atomic E-state index is -1.27. The number of nitrogens with zero attached hydrogens (tertiary/aromatic N) is 1. The first-order valence-corrected chi connectivity index (χ1v) is 8.52. The lowest BCUT2D eigenvalue weighted by molar-refractivity contribution is -0.0641. The number of hydrogen-bond donors (Lipinski definition) is 10. The van der Waals surface area contributed by atoms with Gasteiger partial charge < -0.3 is 46.0 Å². The second-order valence-electron chi connectivity index (χ2n) is 6.92. The molecule has 0 bridgehead atoms. The van der Waals surface area contributed by atoms with Crippen LogP contribution in [0.3, 0.4) is 0 Å². The molecule has 0 aromatic heterocycles. The van der Waals surface area contributed by atoms with Crippen LogP contribution in [0, 0.1) is 10.8 Å². The first kappa shape index (κ1) is 25.6. The Balaban J connectivity index is 4.71. The van der Waals surface area contributed by atoms with Crippen LogP contribution in [0.25, 0.3) is 0 Å². The molecule has 0 aromatic carbocycles. The van der Waals surface area contributed by atoms with Gasteiger partial charge in [-0.25, -0.2) is 11.0 Å². The summed E-state index contributed by atoms with van der Waals surface area (Å²) >= 11 is 0. The zero-order chi connectivity index (χ0) is 20.2. The van der Waals surface area contributed by atoms with Gasteiger partial charge in [0.05, 0.1) is 50.5 Å². The molecule has 0 aliphatic heterocycles. The van der Waals surface area contributed by atoms with Crippen molar-refractivity contribution in [2.45, 2.75) is 24.9 Å². The molecule has 0 spiro atoms. The maximum absolute atomic E-state index is 9.43. The van der Waals surface area contributed by atoms with Crippen LogP contribution >= 0.6 is 0 Å². The molecule has 11 nitrogen and oxygen atoms in total. The molecule has 2 atom stereocenters. The Labute approximate surface area is 153 Å². The number of aliphatic hydroxyl groups is 6. The van der Waals surface area contributed by atoms with E-state index in [1.807, 2.05) is 15.9 Å². The molecule has 2 unspecified atom stereocenters. The number of hydrogen-bond acceptors (Lipinski definition) is 11. The van der Waals surface area contributed by atoms with Gasteiger partial charge in [-0.15, -0.1) is 0 Å². The largest absolute Gasteiger partial charge is 0.396 e. The molecule has 0 saturated carbocycles. The van der Waals surface area contributed by atoms with Gasteiger partial charge in [-0.3, -0.25) is 0 Å². The van der Waals surface area contributed by atoms with Crippen molar-refractivity contribution in [3.8, 4) is 0 Å². The lowest BCUT2D eigenvalue weighted by atomic mass is 9.80. The third-order valence-corrected chi connectivity index (χ3v) is 5.28. The van der Waals surface area contributed by atoms with Crippen molar-refractivity contribution in [2.75, 3.05) is 59.8 Å². The zero-order valence-electron chi connectivity index (χ0n) is 15.3. The third kappa shape index (κ3) is 6.32. The Kier molecular flexibility index (Phi) is 12.6. The predicted octanol–water partition coefficient (Wildman–Crippen LogP) is -3.68. The minimum Gasteiger partial charge on any atom is -0.396 e. The molecule has 0 heterocycles. The highest BCUT2D eigenvalue weighted by atomic mass is 16.5. The second-order valence-corrected chi connectivity index (χ2v) is 6.92. The van der Waals surface area contributed by atoms with E-state index in [1.165, 1.54) is 0 Å². The summed E-state index contributed by atoms with van der Waals surface area (Å²) in [5.74, 6) is 0. The van der Waals surface area contributed by atoms with Gasteiger partial charge in [0.15, 0.2) is 0 Å². The Hall–Kier alpha value is -0.440. The summed E-state index contributed by atoms with van der Waals surface area (Å²) in [6, 6.07) is -1.49. The fourth-order valence-electron chi connectivity index (χ4n) is 2.79. The van der Waals surface area contributed by atoms with Gasteiger partial charge in [0.2, 0.25) is 0 Å². The maximum Gasteiger partial charge on any atom is 0.0572 e. The molecular formula is C15H35N3O8. The Morgan fingerprint density at radius 1 is 0.654 bits per heavy atom. The summed E-state index contributed by atoms with van der Waals surface area (Å²) in [5, 5.41) is 75.2. The summed E-state index contributed by atoms with van der Waals surface area (Å²) < 4.78 is 0. The third-order valence-electron chi connectivity index (χ3n) is 5.28. The second kappa shape index (κ2) is 12.9. The molecule has 0 fully saturated rings. The SMILES string of the molecule is CN(CCC(NO)C(CO)(CO)CO)CCC(NO)C(CO)(CO)CO. The molecule has 0 rings (SSSR count). The molecule has 0 aliphatic rings. The van der Waals surface area contributed by atoms with E-state index in [-0.39, 0.29) is 0 Å². The number of aliphatic hydroxyl groups excluding tert-OH is 6. The number of rotatable bonds is 16. The Morgan fingerprint density at radius 2 is 0.923 bits per heavy atom. The summed E-state index contributed by atoms with van der Waals surface area (Å²) in [4.78, 5) is 1.84. The van der Waals surface area contributed by atoms with Crippen molar-refractivity contribution in [3.63, 3.8) is 0 Å². The van der Waals surface area contributed by atoms with E-state index < -0.39 is 62.6 Å². The summed E-state index contributed by atoms with van der Waals surface area (Å²) in [6.07, 6.45) is 0.605. The van der Waals surface area contributed by atoms with E-state index in [9.17, 15) is 41.1 Å². The summed E-state index contributed by atoms with van der Waals surface area (Å²) in [7, 11) is 1.76. The Morgan fingerprint density at radius 3 is 1.12 bits per heavy atom. The maximum atomic E-state index is 9.43. The first-order chi connectivity index (χ1) is 12.4. The molecule has 0 aromatic rings. The monoisotopic (exact) mass is 385 g/mol. The van der Waals surface area contributed by atoms with Crippen LogP contribution in [0.4, 0.5) is 0 Å². The molecule has 0 aliphatic carbocycles. The van der Waals surface area contributed by atoms with Gasteiger partial charge in [-0.05, 0) is 33.0 Å². The molecule has 26 heavy (non-hydrogen) atoms. The van der Waals surface area contributed by atoms with Crippen molar-refractivity contribution in [3.05, 3.63) is 0 Å². The standard InChI is InChI=1S/C15H35N3O8/c1-18(4-2-12(16-25)14(6-19,7-20)8-21)5-3-13(17-26)15(9-22,10-23)11-24/h12-13,16-17,19-26H,2-11H2,1H3. The van der Waals surface area contributed by atoms with Crippen molar-refractivity contribution in [2.24, 2.45) is 10.8 Å².